The summed E-state index contributed by atoms with van der Waals surface area (Å²) in [5, 5.41) is 4.24. The largest absolute Gasteiger partial charge is 0.354 e. The number of hydrogen-bond acceptors (Lipinski definition) is 3. The minimum Gasteiger partial charge on any atom is -0.354 e. The normalized spacial score (nSPS) is 11.7. The number of hydrogen-bond donors (Lipinski definition) is 1. The topological polar surface area (TPSA) is 49.4 Å². The molecule has 1 N–H and O–H groups in total. The number of thioether (sulfide) groups is 1. The summed E-state index contributed by atoms with van der Waals surface area (Å²) in [6.07, 6.45) is 1.97. The minimum absolute atomic E-state index is 0.0270. The molecule has 0 spiro atoms. The number of halogens is 2. The quantitative estimate of drug-likeness (QED) is 0.335. The zero-order valence-electron chi connectivity index (χ0n) is 17.4. The maximum Gasteiger partial charge on any atom is 0.242 e. The zero-order chi connectivity index (χ0) is 21.9. The molecule has 0 aromatic heterocycles. The first-order chi connectivity index (χ1) is 14.4. The van der Waals surface area contributed by atoms with Gasteiger partial charge in [0, 0.05) is 34.5 Å². The number of rotatable bonds is 11. The van der Waals surface area contributed by atoms with Crippen LogP contribution in [0, 0.1) is 0 Å². The molecule has 4 nitrogen and oxygen atoms in total. The Morgan fingerprint density at radius 3 is 2.23 bits per heavy atom. The van der Waals surface area contributed by atoms with Gasteiger partial charge in [0.15, 0.2) is 0 Å². The summed E-state index contributed by atoms with van der Waals surface area (Å²) in [4.78, 5) is 28.3. The van der Waals surface area contributed by atoms with Gasteiger partial charge in [-0.2, -0.15) is 0 Å². The van der Waals surface area contributed by atoms with Gasteiger partial charge in [0.1, 0.15) is 6.04 Å². The molecule has 0 aliphatic heterocycles. The van der Waals surface area contributed by atoms with Crippen LogP contribution in [0.1, 0.15) is 38.7 Å². The first-order valence-electron chi connectivity index (χ1n) is 10.1. The lowest BCUT2D eigenvalue weighted by Crippen LogP contribution is -2.47. The minimum atomic E-state index is -0.538. The molecule has 0 radical (unpaired) electrons. The van der Waals surface area contributed by atoms with Crippen molar-refractivity contribution < 1.29 is 9.59 Å². The molecule has 162 valence electrons. The molecule has 0 aliphatic rings. The van der Waals surface area contributed by atoms with Crippen LogP contribution in [0.3, 0.4) is 0 Å². The van der Waals surface area contributed by atoms with E-state index in [1.54, 1.807) is 35.7 Å². The second-order valence-electron chi connectivity index (χ2n) is 7.02. The Kier molecular flexibility index (Phi) is 10.6. The van der Waals surface area contributed by atoms with Crippen molar-refractivity contribution in [2.45, 2.75) is 50.6 Å². The van der Waals surface area contributed by atoms with Crippen LogP contribution in [0.2, 0.25) is 10.0 Å². The van der Waals surface area contributed by atoms with Crippen LogP contribution in [-0.2, 0) is 16.1 Å². The van der Waals surface area contributed by atoms with E-state index in [1.807, 2.05) is 43.3 Å². The monoisotopic (exact) mass is 466 g/mol. The van der Waals surface area contributed by atoms with Crippen molar-refractivity contribution in [2.24, 2.45) is 0 Å². The summed E-state index contributed by atoms with van der Waals surface area (Å²) in [7, 11) is 0. The van der Waals surface area contributed by atoms with Crippen LogP contribution in [-0.4, -0.2) is 35.1 Å². The Labute approximate surface area is 193 Å². The molecule has 2 amide bonds. The summed E-state index contributed by atoms with van der Waals surface area (Å²) in [6, 6.07) is 14.5. The van der Waals surface area contributed by atoms with E-state index in [0.29, 0.717) is 29.6 Å². The maximum absolute atomic E-state index is 13.0. The van der Waals surface area contributed by atoms with Crippen LogP contribution >= 0.6 is 35.0 Å². The van der Waals surface area contributed by atoms with Gasteiger partial charge in [-0.05, 0) is 67.5 Å². The fraction of sp³-hybridized carbons (Fsp3) is 0.391. The molecule has 7 heteroatoms. The molecule has 0 heterocycles. The van der Waals surface area contributed by atoms with E-state index in [9.17, 15) is 9.59 Å². The number of benzene rings is 2. The summed E-state index contributed by atoms with van der Waals surface area (Å²) in [6.45, 7) is 4.76. The number of carbonyl (C=O) groups is 2. The summed E-state index contributed by atoms with van der Waals surface area (Å²) >= 11 is 13.6. The molecule has 1 atom stereocenters. The van der Waals surface area contributed by atoms with E-state index in [0.717, 1.165) is 29.1 Å². The number of nitrogens with zero attached hydrogens (tertiary/aromatic N) is 1. The van der Waals surface area contributed by atoms with E-state index in [4.69, 9.17) is 23.2 Å². The van der Waals surface area contributed by atoms with E-state index in [2.05, 4.69) is 5.32 Å². The molecular formula is C23H28Cl2N2O2S. The number of carbonyl (C=O) groups excluding carboxylic acids is 2. The van der Waals surface area contributed by atoms with Gasteiger partial charge in [-0.3, -0.25) is 9.59 Å². The van der Waals surface area contributed by atoms with Gasteiger partial charge in [-0.25, -0.2) is 0 Å². The predicted octanol–water partition coefficient (Wildman–Crippen LogP) is 5.81. The van der Waals surface area contributed by atoms with Crippen molar-refractivity contribution in [3.05, 3.63) is 64.1 Å². The maximum atomic E-state index is 13.0. The lowest BCUT2D eigenvalue weighted by Gasteiger charge is -2.29. The molecule has 2 aromatic carbocycles. The highest BCUT2D eigenvalue weighted by molar-refractivity contribution is 7.99. The summed E-state index contributed by atoms with van der Waals surface area (Å²) in [5.41, 5.74) is 0.943. The first kappa shape index (κ1) is 24.6. The van der Waals surface area contributed by atoms with Crippen molar-refractivity contribution in [3.8, 4) is 0 Å². The van der Waals surface area contributed by atoms with Crippen molar-refractivity contribution in [1.82, 2.24) is 10.2 Å². The Morgan fingerprint density at radius 2 is 1.63 bits per heavy atom. The van der Waals surface area contributed by atoms with Crippen LogP contribution in [0.15, 0.2) is 53.4 Å². The van der Waals surface area contributed by atoms with Crippen LogP contribution in [0.5, 0.6) is 0 Å². The average molecular weight is 467 g/mol. The van der Waals surface area contributed by atoms with Crippen molar-refractivity contribution in [1.29, 1.82) is 0 Å². The van der Waals surface area contributed by atoms with Gasteiger partial charge in [-0.15, -0.1) is 11.8 Å². The Balaban J connectivity index is 1.96. The number of nitrogens with one attached hydrogen (secondary N) is 1. The third-order valence-corrected chi connectivity index (χ3v) is 6.20. The molecule has 0 saturated carbocycles. The van der Waals surface area contributed by atoms with Gasteiger partial charge < -0.3 is 10.2 Å². The Bertz CT molecular complexity index is 813. The van der Waals surface area contributed by atoms with E-state index >= 15 is 0 Å². The highest BCUT2D eigenvalue weighted by Crippen LogP contribution is 2.22. The summed E-state index contributed by atoms with van der Waals surface area (Å²) in [5.74, 6) is 0.661. The van der Waals surface area contributed by atoms with Gasteiger partial charge in [-0.1, -0.05) is 42.3 Å². The second-order valence-corrected chi connectivity index (χ2v) is 9.06. The lowest BCUT2D eigenvalue weighted by atomic mass is 10.1. The molecule has 0 unspecified atom stereocenters. The molecule has 2 aromatic rings. The molecule has 0 aliphatic carbocycles. The highest BCUT2D eigenvalue weighted by Gasteiger charge is 2.25. The molecule has 2 rings (SSSR count). The molecule has 30 heavy (non-hydrogen) atoms. The van der Waals surface area contributed by atoms with Crippen molar-refractivity contribution >= 4 is 46.8 Å². The third-order valence-electron chi connectivity index (χ3n) is 4.60. The molecule has 0 bridgehead atoms. The molecular weight excluding hydrogens is 439 g/mol. The second kappa shape index (κ2) is 12.9. The van der Waals surface area contributed by atoms with Crippen LogP contribution < -0.4 is 5.32 Å². The predicted molar refractivity (Wildman–Crippen MR) is 126 cm³/mol. The van der Waals surface area contributed by atoms with Gasteiger partial charge in [0.2, 0.25) is 11.8 Å². The van der Waals surface area contributed by atoms with E-state index in [1.165, 1.54) is 0 Å². The highest BCUT2D eigenvalue weighted by atomic mass is 35.5. The van der Waals surface area contributed by atoms with Gasteiger partial charge in [0.25, 0.3) is 0 Å². The Morgan fingerprint density at radius 1 is 1.03 bits per heavy atom. The SMILES string of the molecule is CCCNC(=O)[C@@H](C)N(Cc1ccc(Cl)cc1)C(=O)CCCSc1ccc(Cl)cc1. The zero-order valence-corrected chi connectivity index (χ0v) is 19.7. The molecule has 0 saturated heterocycles. The van der Waals surface area contributed by atoms with Crippen LogP contribution in [0.25, 0.3) is 0 Å². The van der Waals surface area contributed by atoms with Gasteiger partial charge in [0.05, 0.1) is 0 Å². The number of amides is 2. The van der Waals surface area contributed by atoms with Crippen LogP contribution in [0.4, 0.5) is 0 Å². The van der Waals surface area contributed by atoms with Gasteiger partial charge >= 0.3 is 0 Å². The first-order valence-corrected chi connectivity index (χ1v) is 11.8. The third kappa shape index (κ3) is 8.21. The standard InChI is InChI=1S/C23H28Cl2N2O2S/c1-3-14-26-23(29)17(2)27(16-18-6-8-19(24)9-7-18)22(28)5-4-15-30-21-12-10-20(25)11-13-21/h6-13,17H,3-5,14-16H2,1-2H3,(H,26,29)/t17-/m1/s1. The smallest absolute Gasteiger partial charge is 0.242 e. The molecule has 0 fully saturated rings. The fourth-order valence-corrected chi connectivity index (χ4v) is 3.96. The lowest BCUT2D eigenvalue weighted by molar-refractivity contribution is -0.140. The average Bonchev–Trinajstić information content (AvgIpc) is 2.75. The van der Waals surface area contributed by atoms with E-state index < -0.39 is 6.04 Å². The van der Waals surface area contributed by atoms with Crippen molar-refractivity contribution in [2.75, 3.05) is 12.3 Å². The fourth-order valence-electron chi connectivity index (χ4n) is 2.85. The summed E-state index contributed by atoms with van der Waals surface area (Å²) < 4.78 is 0. The van der Waals surface area contributed by atoms with E-state index in [-0.39, 0.29) is 11.8 Å². The Hall–Kier alpha value is -1.69. The van der Waals surface area contributed by atoms with Crippen molar-refractivity contribution in [3.63, 3.8) is 0 Å².